The lowest BCUT2D eigenvalue weighted by molar-refractivity contribution is -0.119. The highest BCUT2D eigenvalue weighted by atomic mass is 16.3. The normalized spacial score (nSPS) is 12.0. The Balaban J connectivity index is 2.61. The van der Waals surface area contributed by atoms with E-state index in [-0.39, 0.29) is 19.1 Å². The van der Waals surface area contributed by atoms with E-state index in [1.807, 2.05) is 0 Å². The SMILES string of the molecule is Cn1nccc1/C=C/C(=O)NC(C)(CO)CO. The van der Waals surface area contributed by atoms with Crippen LogP contribution in [0.1, 0.15) is 12.6 Å². The molecule has 0 atom stereocenters. The lowest BCUT2D eigenvalue weighted by atomic mass is 10.1. The molecule has 6 heteroatoms. The molecule has 0 bridgehead atoms. The van der Waals surface area contributed by atoms with Crippen LogP contribution in [-0.4, -0.2) is 44.7 Å². The molecular formula is C11H17N3O3. The van der Waals surface area contributed by atoms with Gasteiger partial charge in [-0.15, -0.1) is 0 Å². The van der Waals surface area contributed by atoms with Gasteiger partial charge in [0.05, 0.1) is 24.4 Å². The summed E-state index contributed by atoms with van der Waals surface area (Å²) in [5, 5.41) is 24.5. The maximum absolute atomic E-state index is 11.5. The summed E-state index contributed by atoms with van der Waals surface area (Å²) in [6.07, 6.45) is 4.57. The van der Waals surface area contributed by atoms with E-state index in [0.717, 1.165) is 5.69 Å². The van der Waals surface area contributed by atoms with Gasteiger partial charge in [0.15, 0.2) is 0 Å². The summed E-state index contributed by atoms with van der Waals surface area (Å²) in [5.41, 5.74) is -0.219. The van der Waals surface area contributed by atoms with Crippen LogP contribution in [0.5, 0.6) is 0 Å². The number of nitrogens with one attached hydrogen (secondary N) is 1. The number of hydrogen-bond donors (Lipinski definition) is 3. The van der Waals surface area contributed by atoms with Gasteiger partial charge in [0.25, 0.3) is 0 Å². The molecule has 3 N–H and O–H groups in total. The second-order valence-electron chi connectivity index (χ2n) is 4.08. The highest BCUT2D eigenvalue weighted by molar-refractivity contribution is 5.92. The molecule has 0 unspecified atom stereocenters. The van der Waals surface area contributed by atoms with Crippen molar-refractivity contribution in [2.45, 2.75) is 12.5 Å². The van der Waals surface area contributed by atoms with Gasteiger partial charge >= 0.3 is 0 Å². The number of aromatic nitrogens is 2. The van der Waals surface area contributed by atoms with Crippen LogP contribution in [0.25, 0.3) is 6.08 Å². The molecule has 0 radical (unpaired) electrons. The molecule has 1 aromatic rings. The van der Waals surface area contributed by atoms with Crippen LogP contribution in [0.15, 0.2) is 18.3 Å². The molecule has 6 nitrogen and oxygen atoms in total. The average molecular weight is 239 g/mol. The molecule has 1 rings (SSSR count). The van der Waals surface area contributed by atoms with E-state index in [4.69, 9.17) is 10.2 Å². The zero-order chi connectivity index (χ0) is 12.9. The number of nitrogens with zero attached hydrogens (tertiary/aromatic N) is 2. The highest BCUT2D eigenvalue weighted by Gasteiger charge is 2.23. The number of carbonyl (C=O) groups is 1. The molecule has 0 saturated carbocycles. The third kappa shape index (κ3) is 3.69. The smallest absolute Gasteiger partial charge is 0.244 e. The first-order chi connectivity index (χ1) is 8.00. The minimum atomic E-state index is -1.01. The third-order valence-corrected chi connectivity index (χ3v) is 2.39. The Hall–Kier alpha value is -1.66. The molecule has 0 fully saturated rings. The lowest BCUT2D eigenvalue weighted by Gasteiger charge is -2.25. The summed E-state index contributed by atoms with van der Waals surface area (Å²) < 4.78 is 1.63. The van der Waals surface area contributed by atoms with Gasteiger partial charge in [0, 0.05) is 19.3 Å². The van der Waals surface area contributed by atoms with Gasteiger partial charge in [-0.3, -0.25) is 9.48 Å². The lowest BCUT2D eigenvalue weighted by Crippen LogP contribution is -2.51. The second-order valence-corrected chi connectivity index (χ2v) is 4.08. The standard InChI is InChI=1S/C11H17N3O3/c1-11(7-15,8-16)13-10(17)4-3-9-5-6-12-14(9)2/h3-6,15-16H,7-8H2,1-2H3,(H,13,17)/b4-3+. The molecule has 17 heavy (non-hydrogen) atoms. The van der Waals surface area contributed by atoms with Crippen molar-refractivity contribution in [3.63, 3.8) is 0 Å². The molecule has 0 saturated heterocycles. The fourth-order valence-corrected chi connectivity index (χ4v) is 1.18. The van der Waals surface area contributed by atoms with Crippen molar-refractivity contribution in [1.29, 1.82) is 0 Å². The van der Waals surface area contributed by atoms with Gasteiger partial charge in [-0.1, -0.05) is 0 Å². The highest BCUT2D eigenvalue weighted by Crippen LogP contribution is 2.02. The first-order valence-electron chi connectivity index (χ1n) is 5.21. The van der Waals surface area contributed by atoms with Crippen LogP contribution in [0, 0.1) is 0 Å². The van der Waals surface area contributed by atoms with Gasteiger partial charge in [-0.05, 0) is 19.1 Å². The van der Waals surface area contributed by atoms with Crippen molar-refractivity contribution in [3.8, 4) is 0 Å². The van der Waals surface area contributed by atoms with E-state index < -0.39 is 5.54 Å². The third-order valence-electron chi connectivity index (χ3n) is 2.39. The molecule has 94 valence electrons. The van der Waals surface area contributed by atoms with Gasteiger partial charge in [-0.2, -0.15) is 5.10 Å². The fourth-order valence-electron chi connectivity index (χ4n) is 1.18. The van der Waals surface area contributed by atoms with E-state index in [1.54, 1.807) is 37.0 Å². The number of aliphatic hydroxyl groups excluding tert-OH is 2. The minimum Gasteiger partial charge on any atom is -0.394 e. The molecule has 1 aromatic heterocycles. The van der Waals surface area contributed by atoms with E-state index >= 15 is 0 Å². The first-order valence-corrected chi connectivity index (χ1v) is 5.21. The van der Waals surface area contributed by atoms with Crippen LogP contribution >= 0.6 is 0 Å². The monoisotopic (exact) mass is 239 g/mol. The number of hydrogen-bond acceptors (Lipinski definition) is 4. The maximum Gasteiger partial charge on any atom is 0.244 e. The van der Waals surface area contributed by atoms with Crippen LogP contribution in [0.3, 0.4) is 0 Å². The molecule has 0 aliphatic heterocycles. The predicted molar refractivity (Wildman–Crippen MR) is 63.0 cm³/mol. The van der Waals surface area contributed by atoms with Crippen molar-refractivity contribution >= 4 is 12.0 Å². The van der Waals surface area contributed by atoms with Crippen molar-refractivity contribution in [2.24, 2.45) is 7.05 Å². The number of rotatable bonds is 5. The molecule has 0 aliphatic rings. The number of aliphatic hydroxyl groups is 2. The van der Waals surface area contributed by atoms with Crippen LogP contribution in [-0.2, 0) is 11.8 Å². The molecule has 1 heterocycles. The predicted octanol–water partition coefficient (Wildman–Crippen LogP) is -0.707. The number of carbonyl (C=O) groups excluding carboxylic acids is 1. The zero-order valence-electron chi connectivity index (χ0n) is 9.92. The Morgan fingerprint density at radius 2 is 2.24 bits per heavy atom. The summed E-state index contributed by atoms with van der Waals surface area (Å²) >= 11 is 0. The summed E-state index contributed by atoms with van der Waals surface area (Å²) in [6, 6.07) is 1.76. The Morgan fingerprint density at radius 3 is 2.71 bits per heavy atom. The molecular weight excluding hydrogens is 222 g/mol. The number of aryl methyl sites for hydroxylation is 1. The van der Waals surface area contributed by atoms with E-state index in [1.165, 1.54) is 6.08 Å². The first kappa shape index (κ1) is 13.4. The van der Waals surface area contributed by atoms with Gasteiger partial charge in [0.2, 0.25) is 5.91 Å². The van der Waals surface area contributed by atoms with E-state index in [9.17, 15) is 4.79 Å². The Bertz CT molecular complexity index is 408. The Morgan fingerprint density at radius 1 is 1.59 bits per heavy atom. The summed E-state index contributed by atoms with van der Waals surface area (Å²) in [4.78, 5) is 11.5. The Labute approximate surface area is 99.6 Å². The molecule has 0 spiro atoms. The van der Waals surface area contributed by atoms with Crippen molar-refractivity contribution in [3.05, 3.63) is 24.0 Å². The van der Waals surface area contributed by atoms with Gasteiger partial charge < -0.3 is 15.5 Å². The zero-order valence-corrected chi connectivity index (χ0v) is 9.92. The fraction of sp³-hybridized carbons (Fsp3) is 0.455. The van der Waals surface area contributed by atoms with Crippen molar-refractivity contribution in [2.75, 3.05) is 13.2 Å². The maximum atomic E-state index is 11.5. The molecule has 0 aromatic carbocycles. The molecule has 1 amide bonds. The summed E-state index contributed by atoms with van der Waals surface area (Å²) in [6.45, 7) is 0.909. The van der Waals surface area contributed by atoms with Crippen LogP contribution in [0.4, 0.5) is 0 Å². The van der Waals surface area contributed by atoms with E-state index in [0.29, 0.717) is 0 Å². The van der Waals surface area contributed by atoms with Crippen molar-refractivity contribution < 1.29 is 15.0 Å². The Kier molecular flexibility index (Phi) is 4.42. The van der Waals surface area contributed by atoms with Gasteiger partial charge in [-0.25, -0.2) is 0 Å². The summed E-state index contributed by atoms with van der Waals surface area (Å²) in [5.74, 6) is -0.378. The topological polar surface area (TPSA) is 87.4 Å². The number of amides is 1. The van der Waals surface area contributed by atoms with E-state index in [2.05, 4.69) is 10.4 Å². The molecule has 0 aliphatic carbocycles. The van der Waals surface area contributed by atoms with Crippen LogP contribution in [0.2, 0.25) is 0 Å². The quantitative estimate of drug-likeness (QED) is 0.592. The minimum absolute atomic E-state index is 0.325. The van der Waals surface area contributed by atoms with Gasteiger partial charge in [0.1, 0.15) is 0 Å². The largest absolute Gasteiger partial charge is 0.394 e. The second kappa shape index (κ2) is 5.60. The average Bonchev–Trinajstić information content (AvgIpc) is 2.72. The van der Waals surface area contributed by atoms with Crippen LogP contribution < -0.4 is 5.32 Å². The summed E-state index contributed by atoms with van der Waals surface area (Å²) in [7, 11) is 1.77. The van der Waals surface area contributed by atoms with Crippen molar-refractivity contribution in [1.82, 2.24) is 15.1 Å².